The van der Waals surface area contributed by atoms with Crippen molar-refractivity contribution in [3.8, 4) is 17.0 Å². The van der Waals surface area contributed by atoms with Crippen LogP contribution in [-0.2, 0) is 23.5 Å². The molecule has 17 heteroatoms. The number of pyridine rings is 2. The number of carbonyl (C=O) groups excluding carboxylic acids is 1. The van der Waals surface area contributed by atoms with Crippen LogP contribution >= 0.6 is 0 Å². The lowest BCUT2D eigenvalue weighted by molar-refractivity contribution is -0.143. The Kier molecular flexibility index (Phi) is 10.1. The van der Waals surface area contributed by atoms with Gasteiger partial charge in [0, 0.05) is 48.2 Å². The van der Waals surface area contributed by atoms with Gasteiger partial charge in [-0.1, -0.05) is 6.92 Å². The fourth-order valence-electron chi connectivity index (χ4n) is 5.66. The molecule has 0 saturated carbocycles. The quantitative estimate of drug-likeness (QED) is 0.168. The van der Waals surface area contributed by atoms with Gasteiger partial charge in [0.05, 0.1) is 53.5 Å². The van der Waals surface area contributed by atoms with Crippen molar-refractivity contribution in [1.29, 1.82) is 0 Å². The van der Waals surface area contributed by atoms with E-state index in [-0.39, 0.29) is 64.9 Å². The number of nitrogens with zero attached hydrogens (tertiary/aromatic N) is 5. The normalized spacial score (nSPS) is 16.1. The zero-order valence-corrected chi connectivity index (χ0v) is 26.8. The highest BCUT2D eigenvalue weighted by molar-refractivity contribution is 5.90. The Balaban J connectivity index is 1.62. The van der Waals surface area contributed by atoms with Crippen molar-refractivity contribution < 1.29 is 50.5 Å². The number of hydrogen-bond acceptors (Lipinski definition) is 9. The van der Waals surface area contributed by atoms with Crippen LogP contribution in [0.25, 0.3) is 11.1 Å². The van der Waals surface area contributed by atoms with Crippen molar-refractivity contribution >= 4 is 23.7 Å². The number of aromatic nitrogens is 4. The van der Waals surface area contributed by atoms with E-state index in [0.717, 1.165) is 6.20 Å². The summed E-state index contributed by atoms with van der Waals surface area (Å²) in [5.41, 5.74) is -2.49. The molecule has 0 bridgehead atoms. The summed E-state index contributed by atoms with van der Waals surface area (Å²) in [6.07, 6.45) is -6.83. The number of amides is 1. The molecule has 5 rings (SSSR count). The molecule has 2 N–H and O–H groups in total. The van der Waals surface area contributed by atoms with Crippen LogP contribution in [0.15, 0.2) is 55.0 Å². The van der Waals surface area contributed by atoms with E-state index in [0.29, 0.717) is 29.9 Å². The number of aromatic carboxylic acids is 1. The molecule has 50 heavy (non-hydrogen) atoms. The number of halogens is 6. The number of anilines is 2. The molecule has 1 aliphatic rings. The van der Waals surface area contributed by atoms with Gasteiger partial charge in [-0.3, -0.25) is 9.88 Å². The predicted octanol–water partition coefficient (Wildman–Crippen LogP) is 7.57. The Bertz CT molecular complexity index is 1870. The van der Waals surface area contributed by atoms with E-state index in [9.17, 15) is 41.0 Å². The Morgan fingerprint density at radius 1 is 0.980 bits per heavy atom. The van der Waals surface area contributed by atoms with Crippen molar-refractivity contribution in [1.82, 2.24) is 19.9 Å². The van der Waals surface area contributed by atoms with Gasteiger partial charge in [-0.15, -0.1) is 0 Å². The monoisotopic (exact) mass is 704 g/mol. The van der Waals surface area contributed by atoms with Gasteiger partial charge in [-0.2, -0.15) is 26.3 Å². The molecule has 0 aliphatic carbocycles. The molecule has 1 amide bonds. The van der Waals surface area contributed by atoms with E-state index in [1.807, 2.05) is 6.92 Å². The van der Waals surface area contributed by atoms with Crippen LogP contribution in [0.1, 0.15) is 71.2 Å². The van der Waals surface area contributed by atoms with Crippen LogP contribution in [-0.4, -0.2) is 56.9 Å². The molecule has 0 saturated heterocycles. The summed E-state index contributed by atoms with van der Waals surface area (Å²) in [4.78, 5) is 43.5. The molecular weight excluding hydrogens is 674 g/mol. The first-order chi connectivity index (χ1) is 23.6. The van der Waals surface area contributed by atoms with Crippen LogP contribution in [0.4, 0.5) is 42.8 Å². The van der Waals surface area contributed by atoms with Gasteiger partial charge in [-0.05, 0) is 55.7 Å². The largest absolute Gasteiger partial charge is 0.481 e. The summed E-state index contributed by atoms with van der Waals surface area (Å²) in [5, 5.41) is 12.7. The highest BCUT2D eigenvalue weighted by Gasteiger charge is 2.39. The molecule has 4 heterocycles. The van der Waals surface area contributed by atoms with Crippen molar-refractivity contribution in [2.75, 3.05) is 23.9 Å². The molecule has 0 fully saturated rings. The average Bonchev–Trinajstić information content (AvgIpc) is 3.07. The number of fused-ring (bicyclic) bond motifs is 1. The number of nitrogens with one attached hydrogen (secondary N) is 1. The van der Waals surface area contributed by atoms with Crippen LogP contribution in [0, 0.1) is 0 Å². The Morgan fingerprint density at radius 3 is 2.28 bits per heavy atom. The molecule has 3 aromatic heterocycles. The van der Waals surface area contributed by atoms with E-state index in [4.69, 9.17) is 9.47 Å². The summed E-state index contributed by atoms with van der Waals surface area (Å²) in [7, 11) is 1.41. The molecule has 0 radical (unpaired) electrons. The molecule has 0 spiro atoms. The first-order valence-corrected chi connectivity index (χ1v) is 15.2. The summed E-state index contributed by atoms with van der Waals surface area (Å²) in [6, 6.07) is 4.68. The van der Waals surface area contributed by atoms with E-state index < -0.39 is 48.0 Å². The van der Waals surface area contributed by atoms with Crippen LogP contribution in [0.5, 0.6) is 5.88 Å². The van der Waals surface area contributed by atoms with Gasteiger partial charge in [-0.25, -0.2) is 24.5 Å². The first-order valence-electron chi connectivity index (χ1n) is 15.2. The minimum absolute atomic E-state index is 0.0193. The van der Waals surface area contributed by atoms with Gasteiger partial charge >= 0.3 is 24.4 Å². The third-order valence-corrected chi connectivity index (χ3v) is 7.97. The maximum Gasteiger partial charge on any atom is 0.416 e. The van der Waals surface area contributed by atoms with Gasteiger partial charge in [0.15, 0.2) is 0 Å². The summed E-state index contributed by atoms with van der Waals surface area (Å²) in [5.74, 6) is -1.13. The lowest BCUT2D eigenvalue weighted by atomic mass is 9.93. The van der Waals surface area contributed by atoms with Crippen molar-refractivity contribution in [2.24, 2.45) is 0 Å². The lowest BCUT2D eigenvalue weighted by Gasteiger charge is -2.39. The highest BCUT2D eigenvalue weighted by atomic mass is 19.4. The fraction of sp³-hybridized carbons (Fsp3) is 0.333. The summed E-state index contributed by atoms with van der Waals surface area (Å²) < 4.78 is 92.8. The lowest BCUT2D eigenvalue weighted by Crippen LogP contribution is -2.46. The molecule has 1 aromatic carbocycles. The number of hydrogen-bond donors (Lipinski definition) is 2. The second kappa shape index (κ2) is 14.2. The zero-order valence-electron chi connectivity index (χ0n) is 26.8. The molecule has 1 aliphatic heterocycles. The standard InChI is InChI=1S/C33H30F6N6O5/c1-4-22-13-25(28-26(6-7-27(44-28)49-3)45(22)31(48)50-5-2)43-30-41-16-23(18-11-19(29(46)47)15-40-14-18)24(42-30)10-17-8-20(32(34,35)36)12-21(9-17)33(37,38)39/h6-9,11-12,14-16,22,25H,4-5,10,13H2,1-3H3,(H,46,47)(H,41,42,43)/t22-,25+/m1/s1. The van der Waals surface area contributed by atoms with Gasteiger partial charge in [0.2, 0.25) is 11.8 Å². The number of rotatable bonds is 9. The minimum Gasteiger partial charge on any atom is -0.481 e. The number of carboxylic acid groups (broad SMARTS) is 1. The molecule has 0 unspecified atom stereocenters. The maximum atomic E-state index is 13.7. The zero-order chi connectivity index (χ0) is 36.4. The topological polar surface area (TPSA) is 140 Å². The van der Waals surface area contributed by atoms with Gasteiger partial charge < -0.3 is 19.9 Å². The number of methoxy groups -OCH3 is 1. The van der Waals surface area contributed by atoms with E-state index in [2.05, 4.69) is 25.3 Å². The van der Waals surface area contributed by atoms with Crippen molar-refractivity contribution in [2.45, 2.75) is 57.5 Å². The van der Waals surface area contributed by atoms with Crippen molar-refractivity contribution in [3.05, 3.63) is 88.6 Å². The summed E-state index contributed by atoms with van der Waals surface area (Å²) >= 11 is 0. The number of carbonyl (C=O) groups is 2. The van der Waals surface area contributed by atoms with Crippen molar-refractivity contribution in [3.63, 3.8) is 0 Å². The number of ether oxygens (including phenoxy) is 2. The number of carboxylic acids is 1. The Morgan fingerprint density at radius 2 is 1.68 bits per heavy atom. The predicted molar refractivity (Wildman–Crippen MR) is 167 cm³/mol. The smallest absolute Gasteiger partial charge is 0.416 e. The summed E-state index contributed by atoms with van der Waals surface area (Å²) in [6.45, 7) is 3.69. The van der Waals surface area contributed by atoms with Crippen LogP contribution in [0.2, 0.25) is 0 Å². The third-order valence-electron chi connectivity index (χ3n) is 7.97. The Hall–Kier alpha value is -5.48. The Labute approximate surface area is 281 Å². The third kappa shape index (κ3) is 7.71. The fourth-order valence-corrected chi connectivity index (χ4v) is 5.66. The van der Waals surface area contributed by atoms with E-state index in [1.54, 1.807) is 19.1 Å². The van der Waals surface area contributed by atoms with E-state index in [1.165, 1.54) is 30.5 Å². The average molecular weight is 705 g/mol. The molecule has 264 valence electrons. The minimum atomic E-state index is -5.08. The molecule has 11 nitrogen and oxygen atoms in total. The van der Waals surface area contributed by atoms with Crippen LogP contribution in [0.3, 0.4) is 0 Å². The maximum absolute atomic E-state index is 13.7. The number of benzene rings is 1. The molecule has 4 aromatic rings. The second-order valence-corrected chi connectivity index (χ2v) is 11.2. The molecule has 2 atom stereocenters. The molecular formula is C33H30F6N6O5. The highest BCUT2D eigenvalue weighted by Crippen LogP contribution is 2.41. The SMILES string of the molecule is CCOC(=O)N1c2ccc(OC)nc2[C@@H](Nc2ncc(-c3cncc(C(=O)O)c3)c(Cc3cc(C(F)(F)F)cc(C(F)(F)F)c3)n2)C[C@H]1CC. The first kappa shape index (κ1) is 35.8. The number of alkyl halides is 6. The van der Waals surface area contributed by atoms with E-state index >= 15 is 0 Å². The second-order valence-electron chi connectivity index (χ2n) is 11.2. The van der Waals surface area contributed by atoms with Gasteiger partial charge in [0.25, 0.3) is 0 Å². The van der Waals surface area contributed by atoms with Crippen LogP contribution < -0.4 is 15.0 Å². The van der Waals surface area contributed by atoms with Gasteiger partial charge in [0.1, 0.15) is 0 Å².